The van der Waals surface area contributed by atoms with Gasteiger partial charge in [-0.1, -0.05) is 43.6 Å². The topological polar surface area (TPSA) is 58.6 Å². The Kier molecular flexibility index (Phi) is 6.18. The molecule has 0 radical (unpaired) electrons. The van der Waals surface area contributed by atoms with E-state index in [-0.39, 0.29) is 24.8 Å². The van der Waals surface area contributed by atoms with Gasteiger partial charge in [-0.2, -0.15) is 0 Å². The van der Waals surface area contributed by atoms with Crippen molar-refractivity contribution in [2.24, 2.45) is 11.3 Å². The van der Waals surface area contributed by atoms with E-state index in [0.29, 0.717) is 28.9 Å². The molecule has 0 spiro atoms. The third-order valence-electron chi connectivity index (χ3n) is 4.80. The van der Waals surface area contributed by atoms with Crippen molar-refractivity contribution < 1.29 is 14.3 Å². The lowest BCUT2D eigenvalue weighted by molar-refractivity contribution is -0.127. The van der Waals surface area contributed by atoms with E-state index in [9.17, 15) is 9.59 Å². The lowest BCUT2D eigenvalue weighted by Gasteiger charge is -2.29. The Morgan fingerprint density at radius 2 is 1.97 bits per heavy atom. The van der Waals surface area contributed by atoms with Crippen LogP contribution >= 0.6 is 11.6 Å². The van der Waals surface area contributed by atoms with Crippen LogP contribution in [0.2, 0.25) is 5.02 Å². The highest BCUT2D eigenvalue weighted by Crippen LogP contribution is 2.38. The Morgan fingerprint density at radius 1 is 1.24 bits per heavy atom. The number of carbonyl (C=O) groups excluding carboxylic acids is 2. The molecule has 1 aliphatic rings. The van der Waals surface area contributed by atoms with Crippen LogP contribution in [-0.4, -0.2) is 25.0 Å². The number of hydrogen-bond acceptors (Lipinski definition) is 3. The summed E-state index contributed by atoms with van der Waals surface area (Å²) in [7, 11) is 0. The molecule has 6 heteroatoms. The molecule has 2 aromatic rings. The SMILES string of the molecule is CC(C)CN1C(=O)C(C)(C)COc2cc(NC(=O)Cc3ccccc3Cl)ccc21. The van der Waals surface area contributed by atoms with Gasteiger partial charge in [-0.3, -0.25) is 9.59 Å². The summed E-state index contributed by atoms with van der Waals surface area (Å²) in [6, 6.07) is 12.7. The standard InChI is InChI=1S/C23H27ClN2O3/c1-15(2)13-26-19-10-9-17(12-20(19)29-14-23(3,4)22(26)28)25-21(27)11-16-7-5-6-8-18(16)24/h5-10,12,15H,11,13-14H2,1-4H3,(H,25,27). The molecule has 0 bridgehead atoms. The molecule has 5 nitrogen and oxygen atoms in total. The summed E-state index contributed by atoms with van der Waals surface area (Å²) in [6.07, 6.45) is 0.183. The fourth-order valence-electron chi connectivity index (χ4n) is 3.29. The summed E-state index contributed by atoms with van der Waals surface area (Å²) in [5.74, 6) is 0.790. The predicted molar refractivity (Wildman–Crippen MR) is 117 cm³/mol. The number of carbonyl (C=O) groups is 2. The van der Waals surface area contributed by atoms with Gasteiger partial charge in [0.1, 0.15) is 12.4 Å². The molecule has 2 aromatic carbocycles. The van der Waals surface area contributed by atoms with Gasteiger partial charge in [-0.15, -0.1) is 0 Å². The van der Waals surface area contributed by atoms with E-state index in [4.69, 9.17) is 16.3 Å². The number of benzene rings is 2. The van der Waals surface area contributed by atoms with Gasteiger partial charge in [-0.05, 0) is 43.5 Å². The molecule has 0 aliphatic carbocycles. The van der Waals surface area contributed by atoms with E-state index in [0.717, 1.165) is 11.3 Å². The lowest BCUT2D eigenvalue weighted by Crippen LogP contribution is -2.43. The van der Waals surface area contributed by atoms with E-state index in [2.05, 4.69) is 19.2 Å². The molecule has 3 rings (SSSR count). The molecule has 0 atom stereocenters. The maximum atomic E-state index is 13.0. The van der Waals surface area contributed by atoms with Gasteiger partial charge in [0.2, 0.25) is 11.8 Å². The second-order valence-corrected chi connectivity index (χ2v) is 8.89. The third kappa shape index (κ3) is 4.91. The Hall–Kier alpha value is -2.53. The number of ether oxygens (including phenoxy) is 1. The first-order valence-corrected chi connectivity index (χ1v) is 10.2. The van der Waals surface area contributed by atoms with Gasteiger partial charge in [-0.25, -0.2) is 0 Å². The van der Waals surface area contributed by atoms with Gasteiger partial charge in [0.15, 0.2) is 0 Å². The molecule has 154 valence electrons. The highest BCUT2D eigenvalue weighted by molar-refractivity contribution is 6.31. The summed E-state index contributed by atoms with van der Waals surface area (Å²) in [4.78, 5) is 27.3. The van der Waals surface area contributed by atoms with E-state index < -0.39 is 5.41 Å². The summed E-state index contributed by atoms with van der Waals surface area (Å²) >= 11 is 6.14. The highest BCUT2D eigenvalue weighted by Gasteiger charge is 2.38. The zero-order chi connectivity index (χ0) is 21.2. The van der Waals surface area contributed by atoms with Crippen molar-refractivity contribution in [2.75, 3.05) is 23.4 Å². The number of nitrogens with one attached hydrogen (secondary N) is 1. The van der Waals surface area contributed by atoms with E-state index in [1.165, 1.54) is 0 Å². The van der Waals surface area contributed by atoms with Crippen molar-refractivity contribution in [1.29, 1.82) is 0 Å². The van der Waals surface area contributed by atoms with Crippen molar-refractivity contribution in [3.8, 4) is 5.75 Å². The molecule has 0 saturated carbocycles. The van der Waals surface area contributed by atoms with Crippen molar-refractivity contribution in [3.63, 3.8) is 0 Å². The normalized spacial score (nSPS) is 15.5. The molecule has 0 unspecified atom stereocenters. The molecule has 1 aliphatic heterocycles. The molecule has 0 fully saturated rings. The van der Waals surface area contributed by atoms with Crippen LogP contribution in [0.4, 0.5) is 11.4 Å². The van der Waals surface area contributed by atoms with E-state index in [1.807, 2.05) is 38.1 Å². The van der Waals surface area contributed by atoms with Gasteiger partial charge in [0.25, 0.3) is 0 Å². The maximum absolute atomic E-state index is 13.0. The largest absolute Gasteiger partial charge is 0.490 e. The molecule has 29 heavy (non-hydrogen) atoms. The minimum Gasteiger partial charge on any atom is -0.490 e. The second-order valence-electron chi connectivity index (χ2n) is 8.48. The number of nitrogens with zero attached hydrogens (tertiary/aromatic N) is 1. The Morgan fingerprint density at radius 3 is 2.66 bits per heavy atom. The van der Waals surface area contributed by atoms with E-state index in [1.54, 1.807) is 23.1 Å². The minimum absolute atomic E-state index is 0.0421. The quantitative estimate of drug-likeness (QED) is 0.754. The van der Waals surface area contributed by atoms with Gasteiger partial charge in [0.05, 0.1) is 17.5 Å². The van der Waals surface area contributed by atoms with Crippen LogP contribution in [-0.2, 0) is 16.0 Å². The van der Waals surface area contributed by atoms with Crippen molar-refractivity contribution in [3.05, 3.63) is 53.1 Å². The summed E-state index contributed by atoms with van der Waals surface area (Å²) in [5, 5.41) is 3.46. The lowest BCUT2D eigenvalue weighted by atomic mass is 9.92. The van der Waals surface area contributed by atoms with Crippen molar-refractivity contribution >= 4 is 34.8 Å². The fraction of sp³-hybridized carbons (Fsp3) is 0.391. The molecular weight excluding hydrogens is 388 g/mol. The second kappa shape index (κ2) is 8.46. The zero-order valence-electron chi connectivity index (χ0n) is 17.3. The minimum atomic E-state index is -0.624. The van der Waals surface area contributed by atoms with Crippen LogP contribution in [0.15, 0.2) is 42.5 Å². The first-order chi connectivity index (χ1) is 13.7. The van der Waals surface area contributed by atoms with Crippen LogP contribution < -0.4 is 15.0 Å². The number of fused-ring (bicyclic) bond motifs is 1. The van der Waals surface area contributed by atoms with Crippen molar-refractivity contribution in [2.45, 2.75) is 34.1 Å². The monoisotopic (exact) mass is 414 g/mol. The number of rotatable bonds is 5. The number of hydrogen-bond donors (Lipinski definition) is 1. The third-order valence-corrected chi connectivity index (χ3v) is 5.17. The molecular formula is C23H27ClN2O3. The Bertz CT molecular complexity index is 924. The van der Waals surface area contributed by atoms with Gasteiger partial charge >= 0.3 is 0 Å². The molecule has 1 heterocycles. The number of anilines is 2. The predicted octanol–water partition coefficient (Wildman–Crippen LogP) is 4.93. The first kappa shape index (κ1) is 21.2. The van der Waals surface area contributed by atoms with E-state index >= 15 is 0 Å². The van der Waals surface area contributed by atoms with Crippen LogP contribution in [0.3, 0.4) is 0 Å². The Labute approximate surface area is 177 Å². The molecule has 0 saturated heterocycles. The Balaban J connectivity index is 1.83. The fourth-order valence-corrected chi connectivity index (χ4v) is 3.49. The van der Waals surface area contributed by atoms with Gasteiger partial charge < -0.3 is 15.0 Å². The van der Waals surface area contributed by atoms with Crippen LogP contribution in [0.1, 0.15) is 33.3 Å². The first-order valence-electron chi connectivity index (χ1n) is 9.79. The summed E-state index contributed by atoms with van der Waals surface area (Å²) in [5.41, 5.74) is 1.51. The zero-order valence-corrected chi connectivity index (χ0v) is 18.0. The summed E-state index contributed by atoms with van der Waals surface area (Å²) in [6.45, 7) is 8.83. The number of halogens is 1. The van der Waals surface area contributed by atoms with Crippen LogP contribution in [0.5, 0.6) is 5.75 Å². The smallest absolute Gasteiger partial charge is 0.236 e. The number of amides is 2. The molecule has 2 amide bonds. The maximum Gasteiger partial charge on any atom is 0.236 e. The van der Waals surface area contributed by atoms with Crippen LogP contribution in [0, 0.1) is 11.3 Å². The van der Waals surface area contributed by atoms with Crippen LogP contribution in [0.25, 0.3) is 0 Å². The summed E-state index contributed by atoms with van der Waals surface area (Å²) < 4.78 is 5.97. The van der Waals surface area contributed by atoms with Crippen molar-refractivity contribution in [1.82, 2.24) is 0 Å². The van der Waals surface area contributed by atoms with Gasteiger partial charge in [0, 0.05) is 23.3 Å². The molecule has 1 N–H and O–H groups in total. The molecule has 0 aromatic heterocycles. The highest BCUT2D eigenvalue weighted by atomic mass is 35.5. The average molecular weight is 415 g/mol. The average Bonchev–Trinajstić information content (AvgIpc) is 2.74.